The molecule has 0 bridgehead atoms. The van der Waals surface area contributed by atoms with Crippen LogP contribution in [0.4, 0.5) is 0 Å². The molecule has 4 nitrogen and oxygen atoms in total. The Morgan fingerprint density at radius 2 is 2.21 bits per heavy atom. The van der Waals surface area contributed by atoms with Crippen LogP contribution in [0.1, 0.15) is 18.6 Å². The molecule has 0 radical (unpaired) electrons. The minimum atomic E-state index is -0.753. The van der Waals surface area contributed by atoms with Gasteiger partial charge in [-0.1, -0.05) is 0 Å². The Bertz CT molecular complexity index is 301. The van der Waals surface area contributed by atoms with Crippen LogP contribution in [0.5, 0.6) is 11.5 Å². The van der Waals surface area contributed by atoms with Crippen molar-refractivity contribution in [1.82, 2.24) is 0 Å². The van der Waals surface area contributed by atoms with Crippen LogP contribution in [0.2, 0.25) is 0 Å². The predicted molar refractivity (Wildman–Crippen MR) is 53.3 cm³/mol. The summed E-state index contributed by atoms with van der Waals surface area (Å²) in [5.41, 5.74) is 5.94. The molecule has 0 heterocycles. The van der Waals surface area contributed by atoms with Crippen molar-refractivity contribution in [1.29, 1.82) is 0 Å². The van der Waals surface area contributed by atoms with E-state index in [4.69, 9.17) is 10.5 Å². The summed E-state index contributed by atoms with van der Waals surface area (Å²) in [6.07, 6.45) is -0.753. The van der Waals surface area contributed by atoms with E-state index in [1.165, 1.54) is 12.1 Å². The van der Waals surface area contributed by atoms with Gasteiger partial charge in [0.2, 0.25) is 0 Å². The summed E-state index contributed by atoms with van der Waals surface area (Å²) in [5, 5.41) is 18.8. The molecule has 0 spiro atoms. The summed E-state index contributed by atoms with van der Waals surface area (Å²) in [5.74, 6) is 0.590. The molecular weight excluding hydrogens is 182 g/mol. The molecule has 0 fully saturated rings. The van der Waals surface area contributed by atoms with E-state index in [2.05, 4.69) is 0 Å². The minimum absolute atomic E-state index is 0.112. The molecule has 4 heteroatoms. The van der Waals surface area contributed by atoms with E-state index >= 15 is 0 Å². The Kier molecular flexibility index (Phi) is 3.73. The Morgan fingerprint density at radius 3 is 2.79 bits per heavy atom. The molecule has 0 aliphatic heterocycles. The molecule has 0 aromatic heterocycles. The van der Waals surface area contributed by atoms with E-state index in [-0.39, 0.29) is 12.3 Å². The number of aliphatic hydroxyl groups excluding tert-OH is 1. The van der Waals surface area contributed by atoms with Gasteiger partial charge in [-0.15, -0.1) is 0 Å². The summed E-state index contributed by atoms with van der Waals surface area (Å²) < 4.78 is 5.27. The Hall–Kier alpha value is -1.26. The highest BCUT2D eigenvalue weighted by atomic mass is 16.5. The first-order chi connectivity index (χ1) is 6.69. The fourth-order valence-electron chi connectivity index (χ4n) is 1.21. The third kappa shape index (κ3) is 2.37. The molecule has 78 valence electrons. The topological polar surface area (TPSA) is 75.7 Å². The normalized spacial score (nSPS) is 12.5. The molecule has 0 saturated heterocycles. The second kappa shape index (κ2) is 4.83. The minimum Gasteiger partial charge on any atom is -0.508 e. The molecular formula is C10H15NO3. The predicted octanol–water partition coefficient (Wildman–Crippen LogP) is 0.783. The van der Waals surface area contributed by atoms with Crippen molar-refractivity contribution < 1.29 is 14.9 Å². The van der Waals surface area contributed by atoms with Gasteiger partial charge in [0.25, 0.3) is 0 Å². The maximum Gasteiger partial charge on any atom is 0.128 e. The molecule has 1 aromatic carbocycles. The Balaban J connectivity index is 3.01. The lowest BCUT2D eigenvalue weighted by atomic mass is 10.1. The molecule has 4 N–H and O–H groups in total. The van der Waals surface area contributed by atoms with Gasteiger partial charge in [0.15, 0.2) is 0 Å². The van der Waals surface area contributed by atoms with Crippen molar-refractivity contribution in [3.8, 4) is 11.5 Å². The van der Waals surface area contributed by atoms with Crippen LogP contribution < -0.4 is 10.5 Å². The third-order valence-corrected chi connectivity index (χ3v) is 1.88. The van der Waals surface area contributed by atoms with E-state index in [0.717, 1.165) is 0 Å². The quantitative estimate of drug-likeness (QED) is 0.666. The zero-order valence-electron chi connectivity index (χ0n) is 8.10. The van der Waals surface area contributed by atoms with E-state index in [1.54, 1.807) is 6.07 Å². The van der Waals surface area contributed by atoms with Crippen LogP contribution in [0.3, 0.4) is 0 Å². The summed E-state index contributed by atoms with van der Waals surface area (Å²) in [7, 11) is 0. The molecule has 1 atom stereocenters. The first-order valence-corrected chi connectivity index (χ1v) is 4.52. The van der Waals surface area contributed by atoms with Crippen molar-refractivity contribution in [2.24, 2.45) is 5.73 Å². The molecule has 14 heavy (non-hydrogen) atoms. The number of phenols is 1. The number of benzene rings is 1. The molecule has 0 aliphatic rings. The molecule has 0 amide bonds. The Morgan fingerprint density at radius 1 is 1.50 bits per heavy atom. The van der Waals surface area contributed by atoms with Crippen LogP contribution in [-0.4, -0.2) is 23.4 Å². The highest BCUT2D eigenvalue weighted by Crippen LogP contribution is 2.28. The summed E-state index contributed by atoms with van der Waals surface area (Å²) in [6.45, 7) is 2.45. The maximum absolute atomic E-state index is 9.54. The van der Waals surface area contributed by atoms with Crippen LogP contribution in [0.25, 0.3) is 0 Å². The van der Waals surface area contributed by atoms with Crippen molar-refractivity contribution in [2.45, 2.75) is 13.0 Å². The highest BCUT2D eigenvalue weighted by Gasteiger charge is 2.12. The lowest BCUT2D eigenvalue weighted by molar-refractivity contribution is 0.180. The van der Waals surface area contributed by atoms with Crippen molar-refractivity contribution in [3.63, 3.8) is 0 Å². The number of aromatic hydroxyl groups is 1. The van der Waals surface area contributed by atoms with E-state index in [0.29, 0.717) is 17.9 Å². The smallest absolute Gasteiger partial charge is 0.128 e. The monoisotopic (exact) mass is 197 g/mol. The number of phenolic OH excluding ortho intramolecular Hbond substituents is 1. The lowest BCUT2D eigenvalue weighted by Crippen LogP contribution is -2.12. The second-order valence-corrected chi connectivity index (χ2v) is 2.91. The SMILES string of the molecule is CCOc1cc(O)ccc1[C@@H](O)CN. The summed E-state index contributed by atoms with van der Waals surface area (Å²) >= 11 is 0. The number of rotatable bonds is 4. The van der Waals surface area contributed by atoms with Gasteiger partial charge in [0, 0.05) is 18.2 Å². The maximum atomic E-state index is 9.54. The average Bonchev–Trinajstić information content (AvgIpc) is 2.17. The number of hydrogen-bond donors (Lipinski definition) is 3. The van der Waals surface area contributed by atoms with E-state index < -0.39 is 6.10 Å². The Labute approximate surface area is 82.9 Å². The van der Waals surface area contributed by atoms with Gasteiger partial charge in [0.05, 0.1) is 12.7 Å². The zero-order chi connectivity index (χ0) is 10.6. The van der Waals surface area contributed by atoms with Crippen LogP contribution in [0.15, 0.2) is 18.2 Å². The fraction of sp³-hybridized carbons (Fsp3) is 0.400. The number of aliphatic hydroxyl groups is 1. The van der Waals surface area contributed by atoms with Gasteiger partial charge in [-0.25, -0.2) is 0 Å². The zero-order valence-corrected chi connectivity index (χ0v) is 8.10. The van der Waals surface area contributed by atoms with Crippen molar-refractivity contribution in [2.75, 3.05) is 13.2 Å². The number of ether oxygens (including phenoxy) is 1. The van der Waals surface area contributed by atoms with Gasteiger partial charge in [-0.2, -0.15) is 0 Å². The molecule has 1 aromatic rings. The molecule has 1 rings (SSSR count). The van der Waals surface area contributed by atoms with Crippen LogP contribution in [0, 0.1) is 0 Å². The van der Waals surface area contributed by atoms with Crippen LogP contribution in [-0.2, 0) is 0 Å². The van der Waals surface area contributed by atoms with Gasteiger partial charge < -0.3 is 20.7 Å². The first kappa shape index (κ1) is 10.8. The fourth-order valence-corrected chi connectivity index (χ4v) is 1.21. The summed E-state index contributed by atoms with van der Waals surface area (Å²) in [4.78, 5) is 0. The highest BCUT2D eigenvalue weighted by molar-refractivity contribution is 5.41. The third-order valence-electron chi connectivity index (χ3n) is 1.88. The standard InChI is InChI=1S/C10H15NO3/c1-2-14-10-5-7(12)3-4-8(10)9(13)6-11/h3-5,9,12-13H,2,6,11H2,1H3/t9-/m0/s1. The van der Waals surface area contributed by atoms with Gasteiger partial charge >= 0.3 is 0 Å². The van der Waals surface area contributed by atoms with E-state index in [1.807, 2.05) is 6.92 Å². The second-order valence-electron chi connectivity index (χ2n) is 2.91. The van der Waals surface area contributed by atoms with Gasteiger partial charge in [-0.05, 0) is 19.1 Å². The van der Waals surface area contributed by atoms with Gasteiger partial charge in [0.1, 0.15) is 11.5 Å². The molecule has 0 unspecified atom stereocenters. The number of nitrogens with two attached hydrogens (primary N) is 1. The average molecular weight is 197 g/mol. The van der Waals surface area contributed by atoms with E-state index in [9.17, 15) is 10.2 Å². The summed E-state index contributed by atoms with van der Waals surface area (Å²) in [6, 6.07) is 4.58. The van der Waals surface area contributed by atoms with Crippen LogP contribution >= 0.6 is 0 Å². The lowest BCUT2D eigenvalue weighted by Gasteiger charge is -2.14. The number of hydrogen-bond acceptors (Lipinski definition) is 4. The first-order valence-electron chi connectivity index (χ1n) is 4.52. The molecule has 0 saturated carbocycles. The largest absolute Gasteiger partial charge is 0.508 e. The van der Waals surface area contributed by atoms with Crippen molar-refractivity contribution in [3.05, 3.63) is 23.8 Å². The molecule has 0 aliphatic carbocycles. The van der Waals surface area contributed by atoms with Crippen molar-refractivity contribution >= 4 is 0 Å². The van der Waals surface area contributed by atoms with Gasteiger partial charge in [-0.3, -0.25) is 0 Å².